The number of fused-ring (bicyclic) bond motifs is 1. The predicted octanol–water partition coefficient (Wildman–Crippen LogP) is 4.51. The van der Waals surface area contributed by atoms with Gasteiger partial charge in [-0.15, -0.1) is 11.3 Å². The third-order valence-corrected chi connectivity index (χ3v) is 5.65. The minimum atomic E-state index is 0.0931. The van der Waals surface area contributed by atoms with Crippen LogP contribution >= 0.6 is 11.3 Å². The first-order chi connectivity index (χ1) is 14.6. The van der Waals surface area contributed by atoms with Crippen LogP contribution in [-0.2, 0) is 0 Å². The highest BCUT2D eigenvalue weighted by Gasteiger charge is 2.09. The second kappa shape index (κ2) is 8.42. The number of hydrogen-bond donors (Lipinski definition) is 1. The van der Waals surface area contributed by atoms with Crippen LogP contribution in [0.2, 0.25) is 0 Å². The molecule has 0 aliphatic carbocycles. The van der Waals surface area contributed by atoms with Crippen LogP contribution in [0.25, 0.3) is 22.0 Å². The standard InChI is InChI=1S/C23H21N3O3S/c1-24-23-26(25-13-15-4-9-21(27)22(10-15)29-3)20(14-30-23)18-6-5-17-12-19(28-2)8-7-16(17)11-18/h4-14,27H,1-3H3. The van der Waals surface area contributed by atoms with Gasteiger partial charge < -0.3 is 14.6 Å². The van der Waals surface area contributed by atoms with Crippen LogP contribution in [-0.4, -0.2) is 37.3 Å². The molecule has 0 radical (unpaired) electrons. The first-order valence-electron chi connectivity index (χ1n) is 9.26. The zero-order valence-corrected chi connectivity index (χ0v) is 17.7. The quantitative estimate of drug-likeness (QED) is 0.484. The number of methoxy groups -OCH3 is 2. The number of nitrogens with zero attached hydrogens (tertiary/aromatic N) is 3. The van der Waals surface area contributed by atoms with E-state index in [1.54, 1.807) is 38.6 Å². The highest BCUT2D eigenvalue weighted by molar-refractivity contribution is 7.07. The first-order valence-corrected chi connectivity index (χ1v) is 10.1. The second-order valence-corrected chi connectivity index (χ2v) is 7.38. The Bertz CT molecular complexity index is 1300. The molecule has 1 N–H and O–H groups in total. The Balaban J connectivity index is 1.76. The van der Waals surface area contributed by atoms with Crippen molar-refractivity contribution in [3.63, 3.8) is 0 Å². The molecule has 1 aromatic heterocycles. The van der Waals surface area contributed by atoms with Crippen LogP contribution in [0.3, 0.4) is 0 Å². The average molecular weight is 420 g/mol. The Hall–Kier alpha value is -3.58. The lowest BCUT2D eigenvalue weighted by Gasteiger charge is -2.07. The summed E-state index contributed by atoms with van der Waals surface area (Å²) < 4.78 is 12.3. The molecule has 4 aromatic rings. The Morgan fingerprint density at radius 3 is 2.53 bits per heavy atom. The monoisotopic (exact) mass is 419 g/mol. The Labute approximate surface area is 178 Å². The van der Waals surface area contributed by atoms with E-state index in [2.05, 4.69) is 28.3 Å². The summed E-state index contributed by atoms with van der Waals surface area (Å²) in [5.41, 5.74) is 2.79. The zero-order valence-electron chi connectivity index (χ0n) is 16.9. The van der Waals surface area contributed by atoms with E-state index in [0.717, 1.165) is 38.1 Å². The van der Waals surface area contributed by atoms with Gasteiger partial charge in [0.1, 0.15) is 5.75 Å². The van der Waals surface area contributed by atoms with Crippen molar-refractivity contribution in [3.8, 4) is 28.5 Å². The van der Waals surface area contributed by atoms with Crippen molar-refractivity contribution in [3.05, 3.63) is 70.3 Å². The number of benzene rings is 3. The van der Waals surface area contributed by atoms with Gasteiger partial charge in [0.05, 0.1) is 26.1 Å². The summed E-state index contributed by atoms with van der Waals surface area (Å²) in [4.78, 5) is 5.13. The molecule has 7 heteroatoms. The number of aromatic hydroxyl groups is 1. The maximum Gasteiger partial charge on any atom is 0.205 e. The minimum Gasteiger partial charge on any atom is -0.504 e. The highest BCUT2D eigenvalue weighted by Crippen LogP contribution is 2.28. The summed E-state index contributed by atoms with van der Waals surface area (Å²) >= 11 is 1.53. The Morgan fingerprint density at radius 2 is 1.77 bits per heavy atom. The molecule has 0 saturated heterocycles. The fourth-order valence-corrected chi connectivity index (χ4v) is 3.97. The zero-order chi connectivity index (χ0) is 21.1. The lowest BCUT2D eigenvalue weighted by Crippen LogP contribution is -2.11. The van der Waals surface area contributed by atoms with Crippen LogP contribution < -0.4 is 14.3 Å². The molecule has 0 saturated carbocycles. The van der Waals surface area contributed by atoms with Crippen molar-refractivity contribution in [2.24, 2.45) is 10.1 Å². The molecule has 0 amide bonds. The topological polar surface area (TPSA) is 68.3 Å². The van der Waals surface area contributed by atoms with Crippen LogP contribution in [0.1, 0.15) is 5.56 Å². The SMILES string of the molecule is CN=c1scc(-c2ccc3cc(OC)ccc3c2)n1N=Cc1ccc(O)c(OC)c1. The molecule has 0 fully saturated rings. The molecule has 0 atom stereocenters. The van der Waals surface area contributed by atoms with E-state index >= 15 is 0 Å². The predicted molar refractivity (Wildman–Crippen MR) is 121 cm³/mol. The molecule has 0 unspecified atom stereocenters. The van der Waals surface area contributed by atoms with Gasteiger partial charge in [-0.25, -0.2) is 4.68 Å². The maximum atomic E-state index is 9.79. The Kier molecular flexibility index (Phi) is 5.54. The van der Waals surface area contributed by atoms with Gasteiger partial charge in [-0.1, -0.05) is 18.2 Å². The third-order valence-electron chi connectivity index (χ3n) is 4.75. The van der Waals surface area contributed by atoms with Gasteiger partial charge in [0, 0.05) is 18.0 Å². The molecule has 3 aromatic carbocycles. The van der Waals surface area contributed by atoms with Gasteiger partial charge >= 0.3 is 0 Å². The molecule has 0 spiro atoms. The maximum absolute atomic E-state index is 9.79. The van der Waals surface area contributed by atoms with Gasteiger partial charge in [-0.3, -0.25) is 4.99 Å². The van der Waals surface area contributed by atoms with Gasteiger partial charge in [0.2, 0.25) is 4.80 Å². The number of phenols is 1. The van der Waals surface area contributed by atoms with E-state index in [0.29, 0.717) is 5.75 Å². The van der Waals surface area contributed by atoms with Gasteiger partial charge in [-0.2, -0.15) is 5.10 Å². The summed E-state index contributed by atoms with van der Waals surface area (Å²) in [7, 11) is 4.93. The largest absolute Gasteiger partial charge is 0.504 e. The van der Waals surface area contributed by atoms with E-state index in [1.165, 1.54) is 18.4 Å². The number of ether oxygens (including phenoxy) is 2. The molecular weight excluding hydrogens is 398 g/mol. The van der Waals surface area contributed by atoms with Gasteiger partial charge in [0.15, 0.2) is 11.5 Å². The molecule has 0 bridgehead atoms. The van der Waals surface area contributed by atoms with Gasteiger partial charge in [-0.05, 0) is 52.7 Å². The van der Waals surface area contributed by atoms with Crippen molar-refractivity contribution >= 4 is 28.3 Å². The van der Waals surface area contributed by atoms with Crippen LogP contribution in [0.4, 0.5) is 0 Å². The summed E-state index contributed by atoms with van der Waals surface area (Å²) in [5.74, 6) is 1.33. The number of rotatable bonds is 5. The van der Waals surface area contributed by atoms with Crippen LogP contribution in [0.5, 0.6) is 17.2 Å². The van der Waals surface area contributed by atoms with Crippen molar-refractivity contribution in [1.29, 1.82) is 0 Å². The first kappa shape index (κ1) is 19.7. The molecule has 0 aliphatic rings. The Morgan fingerprint density at radius 1 is 0.967 bits per heavy atom. The van der Waals surface area contributed by atoms with Crippen LogP contribution in [0.15, 0.2) is 70.1 Å². The van der Waals surface area contributed by atoms with Crippen molar-refractivity contribution in [2.75, 3.05) is 21.3 Å². The number of phenolic OH excluding ortho intramolecular Hbond substituents is 1. The van der Waals surface area contributed by atoms with Crippen molar-refractivity contribution in [2.45, 2.75) is 0 Å². The number of hydrogen-bond acceptors (Lipinski definition) is 6. The van der Waals surface area contributed by atoms with E-state index in [1.807, 2.05) is 28.3 Å². The lowest BCUT2D eigenvalue weighted by atomic mass is 10.1. The van der Waals surface area contributed by atoms with E-state index in [-0.39, 0.29) is 5.75 Å². The number of aromatic nitrogens is 1. The molecule has 152 valence electrons. The van der Waals surface area contributed by atoms with Crippen LogP contribution in [0, 0.1) is 0 Å². The molecule has 6 nitrogen and oxygen atoms in total. The fraction of sp³-hybridized carbons (Fsp3) is 0.130. The number of thiazole rings is 1. The third kappa shape index (κ3) is 3.79. The van der Waals surface area contributed by atoms with Gasteiger partial charge in [0.25, 0.3) is 0 Å². The van der Waals surface area contributed by atoms with Crippen molar-refractivity contribution in [1.82, 2.24) is 4.68 Å². The summed E-state index contributed by atoms with van der Waals surface area (Å²) in [6.45, 7) is 0. The summed E-state index contributed by atoms with van der Waals surface area (Å²) in [6, 6.07) is 17.4. The van der Waals surface area contributed by atoms with E-state index < -0.39 is 0 Å². The second-order valence-electron chi connectivity index (χ2n) is 6.54. The summed E-state index contributed by atoms with van der Waals surface area (Å²) in [6.07, 6.45) is 1.72. The van der Waals surface area contributed by atoms with E-state index in [4.69, 9.17) is 9.47 Å². The molecule has 30 heavy (non-hydrogen) atoms. The normalized spacial score (nSPS) is 12.0. The van der Waals surface area contributed by atoms with E-state index in [9.17, 15) is 5.11 Å². The minimum absolute atomic E-state index is 0.0931. The molecule has 4 rings (SSSR count). The highest BCUT2D eigenvalue weighted by atomic mass is 32.1. The molecule has 0 aliphatic heterocycles. The van der Waals surface area contributed by atoms with Crippen molar-refractivity contribution < 1.29 is 14.6 Å². The smallest absolute Gasteiger partial charge is 0.205 e. The molecule has 1 heterocycles. The molecular formula is C23H21N3O3S. The summed E-state index contributed by atoms with van der Waals surface area (Å²) in [5, 5.41) is 18.7. The lowest BCUT2D eigenvalue weighted by molar-refractivity contribution is 0.373. The fourth-order valence-electron chi connectivity index (χ4n) is 3.17. The average Bonchev–Trinajstić information content (AvgIpc) is 3.20.